The van der Waals surface area contributed by atoms with E-state index in [1.807, 2.05) is 6.07 Å². The second kappa shape index (κ2) is 10.6. The fourth-order valence-electron chi connectivity index (χ4n) is 7.54. The molecule has 5 heteroatoms. The lowest BCUT2D eigenvalue weighted by Crippen LogP contribution is -2.46. The van der Waals surface area contributed by atoms with Gasteiger partial charge >= 0.3 is 0 Å². The van der Waals surface area contributed by atoms with Crippen LogP contribution >= 0.6 is 0 Å². The molecule has 0 saturated heterocycles. The summed E-state index contributed by atoms with van der Waals surface area (Å²) in [4.78, 5) is 25.2. The number of aliphatic hydroxyl groups is 1. The maximum Gasteiger partial charge on any atom is 0.160 e. The highest BCUT2D eigenvalue weighted by Gasteiger charge is 2.47. The fourth-order valence-corrected chi connectivity index (χ4v) is 7.54. The highest BCUT2D eigenvalue weighted by Crippen LogP contribution is 2.46. The van der Waals surface area contributed by atoms with E-state index in [0.29, 0.717) is 55.5 Å². The van der Waals surface area contributed by atoms with Crippen molar-refractivity contribution in [3.63, 3.8) is 0 Å². The Hall–Kier alpha value is -2.32. The minimum atomic E-state index is -0.961. The Labute approximate surface area is 215 Å². The zero-order valence-corrected chi connectivity index (χ0v) is 21.6. The molecule has 5 rings (SSSR count). The molecule has 6 atom stereocenters. The summed E-state index contributed by atoms with van der Waals surface area (Å²) in [6.07, 6.45) is 11.5. The zero-order chi connectivity index (χ0) is 25.3. The quantitative estimate of drug-likeness (QED) is 0.566. The number of benzene rings is 1. The van der Waals surface area contributed by atoms with Gasteiger partial charge in [0.1, 0.15) is 11.2 Å². The number of ketones is 2. The highest BCUT2D eigenvalue weighted by atomic mass is 16.5. The van der Waals surface area contributed by atoms with E-state index in [1.54, 1.807) is 6.07 Å². The van der Waals surface area contributed by atoms with Gasteiger partial charge in [-0.25, -0.2) is 0 Å². The molecular weight excluding hydrogens is 452 g/mol. The van der Waals surface area contributed by atoms with Crippen molar-refractivity contribution in [3.05, 3.63) is 23.3 Å². The Morgan fingerprint density at radius 3 is 2.56 bits per heavy atom. The first-order chi connectivity index (χ1) is 17.4. The van der Waals surface area contributed by atoms with Crippen LogP contribution in [-0.2, 0) is 22.4 Å². The summed E-state index contributed by atoms with van der Waals surface area (Å²) < 4.78 is 5.25. The molecule has 0 heterocycles. The number of carbonyl (C=O) groups is 2. The summed E-state index contributed by atoms with van der Waals surface area (Å²) >= 11 is 0. The van der Waals surface area contributed by atoms with E-state index in [-0.39, 0.29) is 11.5 Å². The van der Waals surface area contributed by atoms with Gasteiger partial charge in [-0.05, 0) is 91.9 Å². The Bertz CT molecular complexity index is 1060. The average molecular weight is 493 g/mol. The summed E-state index contributed by atoms with van der Waals surface area (Å²) in [7, 11) is 1.52. The lowest BCUT2D eigenvalue weighted by Gasteiger charge is -2.41. The maximum atomic E-state index is 13.4. The third-order valence-electron chi connectivity index (χ3n) is 9.80. The molecular formula is C31H40O5. The smallest absolute Gasteiger partial charge is 0.160 e. The van der Waals surface area contributed by atoms with E-state index in [1.165, 1.54) is 32.8 Å². The van der Waals surface area contributed by atoms with Gasteiger partial charge in [-0.1, -0.05) is 31.1 Å². The fraction of sp³-hybridized carbons (Fsp3) is 0.677. The normalized spacial score (nSPS) is 34.4. The van der Waals surface area contributed by atoms with E-state index in [2.05, 4.69) is 11.8 Å². The predicted molar refractivity (Wildman–Crippen MR) is 138 cm³/mol. The molecule has 0 aliphatic heterocycles. The molecule has 4 aliphatic rings. The number of carbonyl (C=O) groups excluding carboxylic acids is 2. The lowest BCUT2D eigenvalue weighted by atomic mass is 9.63. The Morgan fingerprint density at radius 2 is 1.78 bits per heavy atom. The lowest BCUT2D eigenvalue weighted by molar-refractivity contribution is -0.134. The number of hydrogen-bond donors (Lipinski definition) is 2. The first-order valence-corrected chi connectivity index (χ1v) is 14.0. The number of aromatic hydroxyl groups is 1. The minimum absolute atomic E-state index is 0.0472. The van der Waals surface area contributed by atoms with Crippen molar-refractivity contribution in [3.8, 4) is 23.3 Å². The van der Waals surface area contributed by atoms with Crippen molar-refractivity contribution in [2.45, 2.75) is 96.0 Å². The molecule has 0 bridgehead atoms. The molecule has 6 unspecified atom stereocenters. The van der Waals surface area contributed by atoms with Crippen molar-refractivity contribution in [2.75, 3.05) is 7.11 Å². The average Bonchev–Trinajstić information content (AvgIpc) is 2.93. The van der Waals surface area contributed by atoms with E-state index in [0.717, 1.165) is 55.1 Å². The van der Waals surface area contributed by atoms with Crippen LogP contribution in [0.2, 0.25) is 0 Å². The van der Waals surface area contributed by atoms with Crippen LogP contribution < -0.4 is 4.74 Å². The number of aliphatic hydroxyl groups excluding tert-OH is 1. The predicted octanol–water partition coefficient (Wildman–Crippen LogP) is 5.18. The van der Waals surface area contributed by atoms with Crippen LogP contribution in [0.15, 0.2) is 12.1 Å². The summed E-state index contributed by atoms with van der Waals surface area (Å²) in [5.74, 6) is 9.98. The second-order valence-corrected chi connectivity index (χ2v) is 11.9. The molecule has 194 valence electrons. The standard InChI is InChI=1S/C31H40O5/c1-36-28-19-25-9-11-29(34)31(13-2-3-22(25)18-27(28)33)14-12-21(16-30(31)35)5-4-20-6-7-24-17-26(32)10-8-23(24)15-20/h18-21,23-24,30,33,35H,3-12,14-17H2,1H3. The minimum Gasteiger partial charge on any atom is -0.504 e. The van der Waals surface area contributed by atoms with Gasteiger partial charge in [0.2, 0.25) is 0 Å². The van der Waals surface area contributed by atoms with Gasteiger partial charge in [0.05, 0.1) is 13.2 Å². The molecule has 0 radical (unpaired) electrons. The number of rotatable bonds is 4. The largest absolute Gasteiger partial charge is 0.504 e. The number of hydrogen-bond acceptors (Lipinski definition) is 5. The number of phenols is 1. The number of phenolic OH excluding ortho intramolecular Hbond substituents is 1. The first kappa shape index (κ1) is 25.3. The van der Waals surface area contributed by atoms with Crippen molar-refractivity contribution in [1.82, 2.24) is 0 Å². The zero-order valence-electron chi connectivity index (χ0n) is 21.6. The van der Waals surface area contributed by atoms with E-state index < -0.39 is 11.5 Å². The van der Waals surface area contributed by atoms with Gasteiger partial charge in [-0.2, -0.15) is 0 Å². The first-order valence-electron chi connectivity index (χ1n) is 14.0. The molecule has 2 N–H and O–H groups in total. The third kappa shape index (κ3) is 5.07. The van der Waals surface area contributed by atoms with Gasteiger partial charge < -0.3 is 14.9 Å². The van der Waals surface area contributed by atoms with Crippen LogP contribution in [0.1, 0.15) is 88.2 Å². The molecule has 1 aromatic carbocycles. The highest BCUT2D eigenvalue weighted by molar-refractivity contribution is 5.89. The summed E-state index contributed by atoms with van der Waals surface area (Å²) in [6, 6.07) is 3.50. The Balaban J connectivity index is 1.19. The van der Waals surface area contributed by atoms with Crippen LogP contribution in [0.25, 0.3) is 0 Å². The van der Waals surface area contributed by atoms with Crippen molar-refractivity contribution in [2.24, 2.45) is 29.1 Å². The topological polar surface area (TPSA) is 83.8 Å². The Morgan fingerprint density at radius 1 is 0.972 bits per heavy atom. The molecule has 3 saturated carbocycles. The van der Waals surface area contributed by atoms with Crippen molar-refractivity contribution in [1.29, 1.82) is 0 Å². The van der Waals surface area contributed by atoms with Crippen molar-refractivity contribution < 1.29 is 24.5 Å². The molecule has 36 heavy (non-hydrogen) atoms. The molecule has 5 nitrogen and oxygen atoms in total. The maximum absolute atomic E-state index is 13.4. The summed E-state index contributed by atoms with van der Waals surface area (Å²) in [5.41, 5.74) is 0.938. The van der Waals surface area contributed by atoms with Gasteiger partial charge in [0, 0.05) is 25.7 Å². The van der Waals surface area contributed by atoms with Crippen molar-refractivity contribution >= 4 is 11.6 Å². The van der Waals surface area contributed by atoms with Crippen LogP contribution in [0.5, 0.6) is 11.5 Å². The van der Waals surface area contributed by atoms with E-state index in [9.17, 15) is 19.8 Å². The van der Waals surface area contributed by atoms with Crippen LogP contribution in [0, 0.1) is 40.9 Å². The molecule has 3 fully saturated rings. The van der Waals surface area contributed by atoms with Crippen LogP contribution in [0.4, 0.5) is 0 Å². The number of ether oxygens (including phenoxy) is 1. The van der Waals surface area contributed by atoms with Gasteiger partial charge in [0.15, 0.2) is 17.3 Å². The second-order valence-electron chi connectivity index (χ2n) is 11.9. The Kier molecular flexibility index (Phi) is 7.45. The molecule has 0 amide bonds. The van der Waals surface area contributed by atoms with Gasteiger partial charge in [-0.15, -0.1) is 0 Å². The molecule has 0 aromatic heterocycles. The molecule has 1 spiro atoms. The van der Waals surface area contributed by atoms with E-state index >= 15 is 0 Å². The third-order valence-corrected chi connectivity index (χ3v) is 9.80. The van der Waals surface area contributed by atoms with Crippen LogP contribution in [0.3, 0.4) is 0 Å². The number of methoxy groups -OCH3 is 1. The molecule has 1 aromatic rings. The van der Waals surface area contributed by atoms with Crippen LogP contribution in [-0.4, -0.2) is 35.0 Å². The number of aryl methyl sites for hydroxylation is 1. The van der Waals surface area contributed by atoms with E-state index in [4.69, 9.17) is 4.74 Å². The summed E-state index contributed by atoms with van der Waals surface area (Å²) in [5, 5.41) is 21.5. The monoisotopic (exact) mass is 492 g/mol. The van der Waals surface area contributed by atoms with Gasteiger partial charge in [-0.3, -0.25) is 9.59 Å². The molecule has 4 aliphatic carbocycles. The van der Waals surface area contributed by atoms with Gasteiger partial charge in [0.25, 0.3) is 0 Å². The number of Topliss-reactive ketones (excluding diaryl/α,β-unsaturated/α-hetero) is 2. The SMILES string of the molecule is COc1cc2c(cc1O)CC#CC1(CCC(CCC3CCC4CC(=O)CCC4C3)CC1O)C(=O)CC2. The number of fused-ring (bicyclic) bond motifs is 2. The summed E-state index contributed by atoms with van der Waals surface area (Å²) in [6.45, 7) is 0.